The standard InChI is InChI=1S/C10H12Cl2N4O.C8H7ClO.C3H10N4O/c1-2-17-16-10(13)15-14-6-7-8(11)4-3-5-9(7)12;1-6-3-2-4-8(9)7(6)5-10;1-2-8-7-3(4)6-5/h3-6H,2H2,1H3,(H3,13,15,16);2-5H,1H3;2,5H2,1H3,(H3,4,6,7)/b14-6+;;. The summed E-state index contributed by atoms with van der Waals surface area (Å²) in [6.07, 6.45) is 2.20. The molecule has 2 rings (SSSR count). The van der Waals surface area contributed by atoms with Crippen LogP contribution in [0.15, 0.2) is 51.7 Å². The molecule has 0 saturated heterocycles. The maximum absolute atomic E-state index is 10.4. The molecule has 0 aliphatic heterocycles. The van der Waals surface area contributed by atoms with Gasteiger partial charge in [-0.1, -0.05) is 53.0 Å². The van der Waals surface area contributed by atoms with Gasteiger partial charge in [-0.05, 0) is 44.5 Å². The summed E-state index contributed by atoms with van der Waals surface area (Å²) in [6.45, 7) is 6.48. The third-order valence-electron chi connectivity index (χ3n) is 3.52. The fraction of sp³-hybridized carbons (Fsp3) is 0.238. The SMILES string of the molecule is CCONC(N)=N/N=C/c1c(Cl)cccc1Cl.CCONC(N)=NN.Cc1cccc(Cl)c1C=O. The highest BCUT2D eigenvalue weighted by atomic mass is 35.5. The number of nitrogens with zero attached hydrogens (tertiary/aromatic N) is 3. The molecule has 14 heteroatoms. The van der Waals surface area contributed by atoms with Crippen molar-refractivity contribution in [2.75, 3.05) is 13.2 Å². The zero-order valence-corrected chi connectivity index (χ0v) is 21.7. The second-order valence-corrected chi connectivity index (χ2v) is 7.26. The number of guanidine groups is 2. The van der Waals surface area contributed by atoms with Crippen molar-refractivity contribution < 1.29 is 14.5 Å². The lowest BCUT2D eigenvalue weighted by molar-refractivity contribution is 0.0957. The van der Waals surface area contributed by atoms with Crippen molar-refractivity contribution in [1.82, 2.24) is 11.0 Å². The molecule has 0 amide bonds. The van der Waals surface area contributed by atoms with Crippen LogP contribution in [-0.4, -0.2) is 37.6 Å². The predicted molar refractivity (Wildman–Crippen MR) is 143 cm³/mol. The van der Waals surface area contributed by atoms with Crippen molar-refractivity contribution in [3.63, 3.8) is 0 Å². The number of hydrazone groups is 1. The van der Waals surface area contributed by atoms with Gasteiger partial charge in [0.2, 0.25) is 11.9 Å². The summed E-state index contributed by atoms with van der Waals surface area (Å²) in [4.78, 5) is 19.8. The van der Waals surface area contributed by atoms with Gasteiger partial charge in [0.25, 0.3) is 0 Å². The van der Waals surface area contributed by atoms with E-state index in [0.29, 0.717) is 39.4 Å². The van der Waals surface area contributed by atoms with Gasteiger partial charge >= 0.3 is 0 Å². The number of hydrogen-bond donors (Lipinski definition) is 5. The van der Waals surface area contributed by atoms with Gasteiger partial charge in [0.15, 0.2) is 6.29 Å². The highest BCUT2D eigenvalue weighted by Gasteiger charge is 2.01. The van der Waals surface area contributed by atoms with Crippen molar-refractivity contribution >= 4 is 59.2 Å². The molecule has 35 heavy (non-hydrogen) atoms. The first-order valence-corrected chi connectivity index (χ1v) is 11.1. The van der Waals surface area contributed by atoms with Gasteiger partial charge in [0.05, 0.1) is 34.5 Å². The lowest BCUT2D eigenvalue weighted by atomic mass is 10.1. The van der Waals surface area contributed by atoms with Crippen LogP contribution >= 0.6 is 34.8 Å². The summed E-state index contributed by atoms with van der Waals surface area (Å²) in [5.74, 6) is 4.86. The van der Waals surface area contributed by atoms with E-state index in [9.17, 15) is 4.79 Å². The molecule has 2 aromatic carbocycles. The molecule has 0 unspecified atom stereocenters. The van der Waals surface area contributed by atoms with Crippen LogP contribution in [-0.2, 0) is 9.68 Å². The second-order valence-electron chi connectivity index (χ2n) is 6.04. The Morgan fingerprint density at radius 1 is 0.914 bits per heavy atom. The minimum Gasteiger partial charge on any atom is -0.367 e. The zero-order chi connectivity index (χ0) is 26.6. The Kier molecular flexibility index (Phi) is 17.5. The van der Waals surface area contributed by atoms with Crippen LogP contribution < -0.4 is 28.3 Å². The maximum Gasteiger partial charge on any atom is 0.237 e. The summed E-state index contributed by atoms with van der Waals surface area (Å²) in [7, 11) is 0. The minimum atomic E-state index is 0.0475. The molecule has 0 aliphatic carbocycles. The molecule has 0 aromatic heterocycles. The Bertz CT molecular complexity index is 963. The number of nitrogens with two attached hydrogens (primary N) is 3. The van der Waals surface area contributed by atoms with E-state index in [2.05, 4.69) is 31.1 Å². The van der Waals surface area contributed by atoms with E-state index in [0.717, 1.165) is 11.8 Å². The second kappa shape index (κ2) is 19.2. The maximum atomic E-state index is 10.4. The molecule has 192 valence electrons. The quantitative estimate of drug-likeness (QED) is 0.115. The topological polar surface area (TPSA) is 175 Å². The molecule has 0 atom stereocenters. The van der Waals surface area contributed by atoms with Crippen LogP contribution in [0.5, 0.6) is 0 Å². The number of hydrogen-bond acceptors (Lipinski definition) is 7. The van der Waals surface area contributed by atoms with Crippen LogP contribution in [0.1, 0.15) is 35.3 Å². The summed E-state index contributed by atoms with van der Waals surface area (Å²) in [5.41, 5.74) is 17.3. The molecule has 0 saturated carbocycles. The van der Waals surface area contributed by atoms with E-state index in [4.69, 9.17) is 57.0 Å². The fourth-order valence-corrected chi connectivity index (χ4v) is 2.68. The van der Waals surface area contributed by atoms with Gasteiger partial charge < -0.3 is 17.3 Å². The summed E-state index contributed by atoms with van der Waals surface area (Å²) in [5, 5.41) is 12.0. The summed E-state index contributed by atoms with van der Waals surface area (Å²) in [6, 6.07) is 10.6. The first-order chi connectivity index (χ1) is 16.7. The Morgan fingerprint density at radius 2 is 1.40 bits per heavy atom. The first kappa shape index (κ1) is 31.9. The molecule has 0 aliphatic rings. The molecule has 11 nitrogen and oxygen atoms in total. The Morgan fingerprint density at radius 3 is 1.83 bits per heavy atom. The van der Waals surface area contributed by atoms with Gasteiger partial charge in [-0.15, -0.1) is 10.2 Å². The van der Waals surface area contributed by atoms with Gasteiger partial charge in [-0.3, -0.25) is 14.5 Å². The number of hydroxylamine groups is 2. The van der Waals surface area contributed by atoms with Crippen LogP contribution in [0, 0.1) is 6.92 Å². The average molecular weight is 548 g/mol. The Labute approximate surface area is 219 Å². The van der Waals surface area contributed by atoms with Gasteiger partial charge in [-0.2, -0.15) is 5.10 Å². The normalized spacial score (nSPS) is 11.1. The predicted octanol–water partition coefficient (Wildman–Crippen LogP) is 3.36. The number of aryl methyl sites for hydroxylation is 1. The molecular weight excluding hydrogens is 519 g/mol. The van der Waals surface area contributed by atoms with Crippen LogP contribution in [0.4, 0.5) is 0 Å². The van der Waals surface area contributed by atoms with Gasteiger partial charge in [0, 0.05) is 11.1 Å². The van der Waals surface area contributed by atoms with E-state index in [1.165, 1.54) is 6.21 Å². The third kappa shape index (κ3) is 14.0. The first-order valence-electron chi connectivity index (χ1n) is 10.0. The lowest BCUT2D eigenvalue weighted by Crippen LogP contribution is -2.32. The summed E-state index contributed by atoms with van der Waals surface area (Å²) >= 11 is 17.6. The number of halogens is 3. The van der Waals surface area contributed by atoms with E-state index >= 15 is 0 Å². The zero-order valence-electron chi connectivity index (χ0n) is 19.5. The van der Waals surface area contributed by atoms with Crippen molar-refractivity contribution in [2.24, 2.45) is 32.6 Å². The molecule has 8 N–H and O–H groups in total. The van der Waals surface area contributed by atoms with Crippen LogP contribution in [0.25, 0.3) is 0 Å². The Balaban J connectivity index is 0.000000545. The number of carbonyl (C=O) groups is 1. The van der Waals surface area contributed by atoms with E-state index < -0.39 is 0 Å². The lowest BCUT2D eigenvalue weighted by Gasteiger charge is -2.01. The molecule has 0 heterocycles. The summed E-state index contributed by atoms with van der Waals surface area (Å²) < 4.78 is 0. The molecule has 0 spiro atoms. The number of carbonyl (C=O) groups excluding carboxylic acids is 1. The minimum absolute atomic E-state index is 0.0475. The molecule has 0 fully saturated rings. The fourth-order valence-electron chi connectivity index (χ4n) is 1.92. The van der Waals surface area contributed by atoms with Crippen molar-refractivity contribution in [3.05, 3.63) is 68.2 Å². The number of rotatable bonds is 7. The smallest absolute Gasteiger partial charge is 0.237 e. The van der Waals surface area contributed by atoms with E-state index in [1.54, 1.807) is 24.3 Å². The van der Waals surface area contributed by atoms with Crippen LogP contribution in [0.3, 0.4) is 0 Å². The highest BCUT2D eigenvalue weighted by Crippen LogP contribution is 2.22. The van der Waals surface area contributed by atoms with E-state index in [1.807, 2.05) is 32.9 Å². The van der Waals surface area contributed by atoms with Crippen molar-refractivity contribution in [2.45, 2.75) is 20.8 Å². The van der Waals surface area contributed by atoms with E-state index in [-0.39, 0.29) is 11.9 Å². The molecule has 0 bridgehead atoms. The van der Waals surface area contributed by atoms with Crippen LogP contribution in [0.2, 0.25) is 15.1 Å². The van der Waals surface area contributed by atoms with Gasteiger partial charge in [-0.25, -0.2) is 11.0 Å². The highest BCUT2D eigenvalue weighted by molar-refractivity contribution is 6.38. The van der Waals surface area contributed by atoms with Crippen molar-refractivity contribution in [1.29, 1.82) is 0 Å². The number of benzene rings is 2. The average Bonchev–Trinajstić information content (AvgIpc) is 2.84. The number of aldehydes is 1. The number of nitrogens with one attached hydrogen (secondary N) is 2. The largest absolute Gasteiger partial charge is 0.367 e. The molecule has 0 radical (unpaired) electrons. The monoisotopic (exact) mass is 546 g/mol. The van der Waals surface area contributed by atoms with Crippen molar-refractivity contribution in [3.8, 4) is 0 Å². The van der Waals surface area contributed by atoms with Gasteiger partial charge in [0.1, 0.15) is 0 Å². The molecular formula is C21H29Cl3N8O3. The molecule has 2 aromatic rings. The Hall–Kier alpha value is -3.09. The third-order valence-corrected chi connectivity index (χ3v) is 4.51.